The lowest BCUT2D eigenvalue weighted by atomic mass is 9.86. The quantitative estimate of drug-likeness (QED) is 0.857. The summed E-state index contributed by atoms with van der Waals surface area (Å²) < 4.78 is 12.8. The van der Waals surface area contributed by atoms with Gasteiger partial charge >= 0.3 is 0 Å². The summed E-state index contributed by atoms with van der Waals surface area (Å²) in [5, 5.41) is 3.70. The molecule has 1 aromatic carbocycles. The minimum atomic E-state index is -0.163. The average Bonchev–Trinajstić information content (AvgIpc) is 2.43. The second kappa shape index (κ2) is 7.75. The molecule has 0 aromatic heterocycles. The first-order valence-electron chi connectivity index (χ1n) is 7.81. The molecule has 1 aliphatic rings. The van der Waals surface area contributed by atoms with Crippen molar-refractivity contribution in [3.05, 3.63) is 35.6 Å². The van der Waals surface area contributed by atoms with Gasteiger partial charge in [-0.15, -0.1) is 0 Å². The standard InChI is InChI=1S/C17H27FN2/c1-14-5-3-4-6-17(14)19-11-12-20(2)13-15-7-9-16(18)10-8-15/h7-10,14,17,19H,3-6,11-13H2,1-2H3. The van der Waals surface area contributed by atoms with Crippen LogP contribution in [0.1, 0.15) is 38.2 Å². The van der Waals surface area contributed by atoms with E-state index in [-0.39, 0.29) is 5.82 Å². The highest BCUT2D eigenvalue weighted by Gasteiger charge is 2.20. The molecule has 112 valence electrons. The Balaban J connectivity index is 1.67. The zero-order valence-electron chi connectivity index (χ0n) is 12.7. The number of benzene rings is 1. The minimum absolute atomic E-state index is 0.163. The molecule has 0 amide bonds. The summed E-state index contributed by atoms with van der Waals surface area (Å²) in [4.78, 5) is 2.29. The van der Waals surface area contributed by atoms with Gasteiger partial charge in [0.1, 0.15) is 5.82 Å². The van der Waals surface area contributed by atoms with E-state index in [1.807, 2.05) is 12.1 Å². The Bertz CT molecular complexity index is 390. The molecule has 1 saturated carbocycles. The first kappa shape index (κ1) is 15.5. The fourth-order valence-corrected chi connectivity index (χ4v) is 3.04. The molecule has 2 rings (SSSR count). The van der Waals surface area contributed by atoms with Crippen molar-refractivity contribution >= 4 is 0 Å². The number of nitrogens with zero attached hydrogens (tertiary/aromatic N) is 1. The Morgan fingerprint density at radius 1 is 1.20 bits per heavy atom. The molecule has 1 fully saturated rings. The molecule has 20 heavy (non-hydrogen) atoms. The normalized spacial score (nSPS) is 23.2. The lowest BCUT2D eigenvalue weighted by molar-refractivity contribution is 0.258. The van der Waals surface area contributed by atoms with Crippen LogP contribution < -0.4 is 5.32 Å². The van der Waals surface area contributed by atoms with Crippen molar-refractivity contribution in [2.24, 2.45) is 5.92 Å². The topological polar surface area (TPSA) is 15.3 Å². The smallest absolute Gasteiger partial charge is 0.123 e. The highest BCUT2D eigenvalue weighted by Crippen LogP contribution is 2.23. The van der Waals surface area contributed by atoms with Gasteiger partial charge in [0.15, 0.2) is 0 Å². The molecule has 1 aromatic rings. The lowest BCUT2D eigenvalue weighted by Gasteiger charge is -2.30. The monoisotopic (exact) mass is 278 g/mol. The Morgan fingerprint density at radius 2 is 1.90 bits per heavy atom. The molecule has 0 saturated heterocycles. The largest absolute Gasteiger partial charge is 0.312 e. The fraction of sp³-hybridized carbons (Fsp3) is 0.647. The van der Waals surface area contributed by atoms with Gasteiger partial charge in [-0.25, -0.2) is 4.39 Å². The third-order valence-corrected chi connectivity index (χ3v) is 4.38. The number of rotatable bonds is 6. The lowest BCUT2D eigenvalue weighted by Crippen LogP contribution is -2.40. The van der Waals surface area contributed by atoms with Crippen molar-refractivity contribution in [3.63, 3.8) is 0 Å². The van der Waals surface area contributed by atoms with Crippen LogP contribution in [0, 0.1) is 11.7 Å². The molecule has 2 unspecified atom stereocenters. The van der Waals surface area contributed by atoms with Gasteiger partial charge in [0.25, 0.3) is 0 Å². The molecular weight excluding hydrogens is 251 g/mol. The van der Waals surface area contributed by atoms with Gasteiger partial charge in [0.05, 0.1) is 0 Å². The number of likely N-dealkylation sites (N-methyl/N-ethyl adjacent to an activating group) is 1. The van der Waals surface area contributed by atoms with E-state index in [1.165, 1.54) is 43.4 Å². The highest BCUT2D eigenvalue weighted by molar-refractivity contribution is 5.15. The molecule has 1 aliphatic carbocycles. The van der Waals surface area contributed by atoms with Gasteiger partial charge in [0, 0.05) is 25.7 Å². The number of nitrogens with one attached hydrogen (secondary N) is 1. The van der Waals surface area contributed by atoms with E-state index in [9.17, 15) is 4.39 Å². The van der Waals surface area contributed by atoms with E-state index in [1.54, 1.807) is 0 Å². The van der Waals surface area contributed by atoms with Crippen molar-refractivity contribution in [1.29, 1.82) is 0 Å². The van der Waals surface area contributed by atoms with Crippen LogP contribution in [0.2, 0.25) is 0 Å². The van der Waals surface area contributed by atoms with E-state index in [2.05, 4.69) is 24.2 Å². The Kier molecular flexibility index (Phi) is 5.99. The Labute approximate surface area is 122 Å². The molecule has 2 atom stereocenters. The van der Waals surface area contributed by atoms with Gasteiger partial charge in [0.2, 0.25) is 0 Å². The molecular formula is C17H27FN2. The molecule has 0 spiro atoms. The van der Waals surface area contributed by atoms with Crippen LogP contribution in [0.3, 0.4) is 0 Å². The van der Waals surface area contributed by atoms with Crippen LogP contribution in [0.4, 0.5) is 4.39 Å². The van der Waals surface area contributed by atoms with E-state index in [0.717, 1.165) is 25.6 Å². The first-order valence-corrected chi connectivity index (χ1v) is 7.81. The van der Waals surface area contributed by atoms with Crippen molar-refractivity contribution < 1.29 is 4.39 Å². The average molecular weight is 278 g/mol. The van der Waals surface area contributed by atoms with E-state index >= 15 is 0 Å². The van der Waals surface area contributed by atoms with Crippen molar-refractivity contribution in [2.45, 2.75) is 45.2 Å². The predicted octanol–water partition coefficient (Wildman–Crippen LogP) is 3.43. The van der Waals surface area contributed by atoms with Crippen LogP contribution in [0.25, 0.3) is 0 Å². The third kappa shape index (κ3) is 4.88. The minimum Gasteiger partial charge on any atom is -0.312 e. The van der Waals surface area contributed by atoms with Crippen LogP contribution in [-0.4, -0.2) is 31.1 Å². The zero-order chi connectivity index (χ0) is 14.4. The molecule has 0 heterocycles. The summed E-state index contributed by atoms with van der Waals surface area (Å²) >= 11 is 0. The predicted molar refractivity (Wildman–Crippen MR) is 82.2 cm³/mol. The summed E-state index contributed by atoms with van der Waals surface area (Å²) in [6.07, 6.45) is 5.45. The van der Waals surface area contributed by atoms with Crippen LogP contribution in [0.5, 0.6) is 0 Å². The molecule has 1 N–H and O–H groups in total. The third-order valence-electron chi connectivity index (χ3n) is 4.38. The van der Waals surface area contributed by atoms with Crippen LogP contribution in [0.15, 0.2) is 24.3 Å². The number of halogens is 1. The molecule has 2 nitrogen and oxygen atoms in total. The Morgan fingerprint density at radius 3 is 2.60 bits per heavy atom. The number of hydrogen-bond acceptors (Lipinski definition) is 2. The maximum Gasteiger partial charge on any atom is 0.123 e. The van der Waals surface area contributed by atoms with Crippen LogP contribution >= 0.6 is 0 Å². The Hall–Kier alpha value is -0.930. The first-order chi connectivity index (χ1) is 9.65. The van der Waals surface area contributed by atoms with Crippen LogP contribution in [-0.2, 0) is 6.54 Å². The van der Waals surface area contributed by atoms with Gasteiger partial charge < -0.3 is 10.2 Å². The molecule has 0 aliphatic heterocycles. The second-order valence-corrected chi connectivity index (χ2v) is 6.19. The summed E-state index contributed by atoms with van der Waals surface area (Å²) in [5.41, 5.74) is 1.17. The number of hydrogen-bond donors (Lipinski definition) is 1. The second-order valence-electron chi connectivity index (χ2n) is 6.19. The summed E-state index contributed by atoms with van der Waals surface area (Å²) in [5.74, 6) is 0.649. The van der Waals surface area contributed by atoms with Gasteiger partial charge in [-0.2, -0.15) is 0 Å². The molecule has 3 heteroatoms. The summed E-state index contributed by atoms with van der Waals surface area (Å²) in [6, 6.07) is 7.49. The van der Waals surface area contributed by atoms with Gasteiger partial charge in [-0.05, 0) is 43.5 Å². The van der Waals surface area contributed by atoms with Gasteiger partial charge in [-0.1, -0.05) is 31.9 Å². The maximum absolute atomic E-state index is 12.8. The van der Waals surface area contributed by atoms with E-state index < -0.39 is 0 Å². The summed E-state index contributed by atoms with van der Waals surface area (Å²) in [6.45, 7) is 5.30. The van der Waals surface area contributed by atoms with Crippen molar-refractivity contribution in [1.82, 2.24) is 10.2 Å². The SMILES string of the molecule is CC1CCCCC1NCCN(C)Cc1ccc(F)cc1. The maximum atomic E-state index is 12.8. The summed E-state index contributed by atoms with van der Waals surface area (Å²) in [7, 11) is 2.12. The molecule has 0 radical (unpaired) electrons. The molecule has 0 bridgehead atoms. The highest BCUT2D eigenvalue weighted by atomic mass is 19.1. The fourth-order valence-electron chi connectivity index (χ4n) is 3.04. The van der Waals surface area contributed by atoms with Crippen molar-refractivity contribution in [2.75, 3.05) is 20.1 Å². The van der Waals surface area contributed by atoms with E-state index in [0.29, 0.717) is 6.04 Å². The van der Waals surface area contributed by atoms with Gasteiger partial charge in [-0.3, -0.25) is 0 Å². The van der Waals surface area contributed by atoms with Crippen molar-refractivity contribution in [3.8, 4) is 0 Å². The zero-order valence-corrected chi connectivity index (χ0v) is 12.7. The van der Waals surface area contributed by atoms with E-state index in [4.69, 9.17) is 0 Å².